The SMILES string of the molecule is C=CC1=Nc2ccc(O)cc2O/C1=C/C. The van der Waals surface area contributed by atoms with Gasteiger partial charge in [0.25, 0.3) is 0 Å². The van der Waals surface area contributed by atoms with Gasteiger partial charge in [-0.25, -0.2) is 4.99 Å². The van der Waals surface area contributed by atoms with Crippen LogP contribution in [-0.2, 0) is 0 Å². The quantitative estimate of drug-likeness (QED) is 0.759. The van der Waals surface area contributed by atoms with Crippen LogP contribution in [0.3, 0.4) is 0 Å². The number of aliphatic imine (C=N–C) groups is 1. The Kier molecular flexibility index (Phi) is 2.29. The minimum atomic E-state index is 0.168. The van der Waals surface area contributed by atoms with Gasteiger partial charge in [-0.15, -0.1) is 0 Å². The summed E-state index contributed by atoms with van der Waals surface area (Å²) in [4.78, 5) is 4.35. The van der Waals surface area contributed by atoms with Crippen molar-refractivity contribution >= 4 is 11.4 Å². The Bertz CT molecular complexity index is 473. The average molecular weight is 201 g/mol. The molecule has 1 N–H and O–H groups in total. The lowest BCUT2D eigenvalue weighted by molar-refractivity contribution is 0.436. The van der Waals surface area contributed by atoms with Gasteiger partial charge in [0.15, 0.2) is 5.75 Å². The van der Waals surface area contributed by atoms with E-state index < -0.39 is 0 Å². The number of hydrogen-bond donors (Lipinski definition) is 1. The molecule has 0 bridgehead atoms. The van der Waals surface area contributed by atoms with Crippen LogP contribution >= 0.6 is 0 Å². The lowest BCUT2D eigenvalue weighted by Gasteiger charge is -2.17. The van der Waals surface area contributed by atoms with Gasteiger partial charge in [-0.3, -0.25) is 0 Å². The van der Waals surface area contributed by atoms with Crippen LogP contribution in [0.2, 0.25) is 0 Å². The zero-order chi connectivity index (χ0) is 10.8. The van der Waals surface area contributed by atoms with Gasteiger partial charge in [-0.05, 0) is 31.2 Å². The van der Waals surface area contributed by atoms with E-state index in [-0.39, 0.29) is 5.75 Å². The second kappa shape index (κ2) is 3.61. The molecule has 0 radical (unpaired) electrons. The molecule has 1 aromatic rings. The molecule has 0 atom stereocenters. The molecule has 0 saturated heterocycles. The number of rotatable bonds is 1. The van der Waals surface area contributed by atoms with Crippen LogP contribution < -0.4 is 4.74 Å². The van der Waals surface area contributed by atoms with Crippen molar-refractivity contribution in [3.05, 3.63) is 42.7 Å². The van der Waals surface area contributed by atoms with Crippen LogP contribution in [0.15, 0.2) is 47.7 Å². The molecule has 0 aliphatic carbocycles. The Balaban J connectivity index is 2.56. The number of ether oxygens (including phenoxy) is 1. The zero-order valence-electron chi connectivity index (χ0n) is 8.40. The highest BCUT2D eigenvalue weighted by molar-refractivity contribution is 6.09. The summed E-state index contributed by atoms with van der Waals surface area (Å²) in [6, 6.07) is 4.83. The molecule has 1 heterocycles. The molecule has 3 heteroatoms. The maximum absolute atomic E-state index is 9.30. The van der Waals surface area contributed by atoms with E-state index in [0.29, 0.717) is 22.9 Å². The van der Waals surface area contributed by atoms with Crippen molar-refractivity contribution in [3.63, 3.8) is 0 Å². The van der Waals surface area contributed by atoms with Crippen molar-refractivity contribution in [3.8, 4) is 11.5 Å². The second-order valence-corrected chi connectivity index (χ2v) is 3.11. The zero-order valence-corrected chi connectivity index (χ0v) is 8.40. The lowest BCUT2D eigenvalue weighted by Crippen LogP contribution is -2.10. The van der Waals surface area contributed by atoms with Crippen LogP contribution in [0.1, 0.15) is 6.92 Å². The van der Waals surface area contributed by atoms with Gasteiger partial charge in [-0.2, -0.15) is 0 Å². The minimum Gasteiger partial charge on any atom is -0.508 e. The highest BCUT2D eigenvalue weighted by Crippen LogP contribution is 2.36. The van der Waals surface area contributed by atoms with Gasteiger partial charge in [-0.1, -0.05) is 6.58 Å². The van der Waals surface area contributed by atoms with Gasteiger partial charge >= 0.3 is 0 Å². The summed E-state index contributed by atoms with van der Waals surface area (Å²) >= 11 is 0. The summed E-state index contributed by atoms with van der Waals surface area (Å²) in [5.41, 5.74) is 1.41. The summed E-state index contributed by atoms with van der Waals surface area (Å²) in [5.74, 6) is 1.39. The molecule has 76 valence electrons. The fraction of sp³-hybridized carbons (Fsp3) is 0.0833. The number of benzene rings is 1. The van der Waals surface area contributed by atoms with Gasteiger partial charge in [0, 0.05) is 6.07 Å². The molecular weight excluding hydrogens is 190 g/mol. The fourth-order valence-electron chi connectivity index (χ4n) is 1.39. The molecule has 1 aromatic carbocycles. The van der Waals surface area contributed by atoms with Gasteiger partial charge in [0.05, 0.1) is 0 Å². The van der Waals surface area contributed by atoms with E-state index in [9.17, 15) is 5.11 Å². The first-order valence-corrected chi connectivity index (χ1v) is 4.63. The highest BCUT2D eigenvalue weighted by atomic mass is 16.5. The Labute approximate surface area is 88.0 Å². The molecule has 3 nitrogen and oxygen atoms in total. The van der Waals surface area contributed by atoms with Crippen molar-refractivity contribution in [2.75, 3.05) is 0 Å². The summed E-state index contributed by atoms with van der Waals surface area (Å²) in [7, 11) is 0. The van der Waals surface area contributed by atoms with Crippen molar-refractivity contribution in [1.82, 2.24) is 0 Å². The fourth-order valence-corrected chi connectivity index (χ4v) is 1.39. The third kappa shape index (κ3) is 1.64. The molecule has 0 fully saturated rings. The van der Waals surface area contributed by atoms with E-state index in [0.717, 1.165) is 0 Å². The van der Waals surface area contributed by atoms with Gasteiger partial charge in [0.2, 0.25) is 0 Å². The first-order chi connectivity index (χ1) is 7.24. The van der Waals surface area contributed by atoms with Gasteiger partial charge in [0.1, 0.15) is 22.9 Å². The summed E-state index contributed by atoms with van der Waals surface area (Å²) in [5, 5.41) is 9.30. The molecule has 1 aliphatic heterocycles. The summed E-state index contributed by atoms with van der Waals surface area (Å²) < 4.78 is 5.56. The predicted molar refractivity (Wildman–Crippen MR) is 59.8 cm³/mol. The number of nitrogens with zero attached hydrogens (tertiary/aromatic N) is 1. The summed E-state index contributed by atoms with van der Waals surface area (Å²) in [6.45, 7) is 5.54. The van der Waals surface area contributed by atoms with E-state index in [1.54, 1.807) is 24.3 Å². The Morgan fingerprint density at radius 3 is 2.93 bits per heavy atom. The molecule has 0 spiro atoms. The smallest absolute Gasteiger partial charge is 0.156 e. The number of hydrogen-bond acceptors (Lipinski definition) is 3. The first-order valence-electron chi connectivity index (χ1n) is 4.63. The lowest BCUT2D eigenvalue weighted by atomic mass is 10.2. The average Bonchev–Trinajstić information content (AvgIpc) is 2.27. The van der Waals surface area contributed by atoms with Crippen LogP contribution in [0.4, 0.5) is 5.69 Å². The van der Waals surface area contributed by atoms with Crippen molar-refractivity contribution < 1.29 is 9.84 Å². The Hall–Kier alpha value is -2.03. The van der Waals surface area contributed by atoms with Crippen LogP contribution in [-0.4, -0.2) is 10.8 Å². The molecule has 15 heavy (non-hydrogen) atoms. The number of allylic oxidation sites excluding steroid dienone is 2. The van der Waals surface area contributed by atoms with Crippen molar-refractivity contribution in [2.24, 2.45) is 4.99 Å². The number of phenols is 1. The number of fused-ring (bicyclic) bond motifs is 1. The van der Waals surface area contributed by atoms with E-state index in [4.69, 9.17) is 4.74 Å². The van der Waals surface area contributed by atoms with Crippen molar-refractivity contribution in [2.45, 2.75) is 6.92 Å². The minimum absolute atomic E-state index is 0.168. The van der Waals surface area contributed by atoms with E-state index in [2.05, 4.69) is 11.6 Å². The van der Waals surface area contributed by atoms with E-state index >= 15 is 0 Å². The maximum atomic E-state index is 9.30. The molecule has 1 aliphatic rings. The topological polar surface area (TPSA) is 41.8 Å². The second-order valence-electron chi connectivity index (χ2n) is 3.11. The van der Waals surface area contributed by atoms with Gasteiger partial charge < -0.3 is 9.84 Å². The monoisotopic (exact) mass is 201 g/mol. The molecule has 0 aromatic heterocycles. The molecular formula is C12H11NO2. The molecule has 2 rings (SSSR count). The van der Waals surface area contributed by atoms with Crippen LogP contribution in [0.5, 0.6) is 11.5 Å². The molecule has 0 unspecified atom stereocenters. The molecule has 0 saturated carbocycles. The van der Waals surface area contributed by atoms with Crippen molar-refractivity contribution in [1.29, 1.82) is 0 Å². The number of aromatic hydroxyl groups is 1. The largest absolute Gasteiger partial charge is 0.508 e. The maximum Gasteiger partial charge on any atom is 0.156 e. The normalized spacial score (nSPS) is 16.6. The van der Waals surface area contributed by atoms with E-state index in [1.807, 2.05) is 13.0 Å². The Morgan fingerprint density at radius 2 is 2.27 bits per heavy atom. The number of phenolic OH excluding ortho intramolecular Hbond substituents is 1. The standard InChI is InChI=1S/C12H11NO2/c1-3-9-11(4-2)15-12-7-8(14)5-6-10(12)13-9/h3-7,14H,1H2,2H3/b11-4+. The Morgan fingerprint density at radius 1 is 1.47 bits per heavy atom. The van der Waals surface area contributed by atoms with Crippen LogP contribution in [0.25, 0.3) is 0 Å². The third-order valence-electron chi connectivity index (χ3n) is 2.11. The summed E-state index contributed by atoms with van der Waals surface area (Å²) in [6.07, 6.45) is 3.46. The first kappa shape index (κ1) is 9.52. The van der Waals surface area contributed by atoms with Crippen LogP contribution in [0, 0.1) is 0 Å². The predicted octanol–water partition coefficient (Wildman–Crippen LogP) is 2.95. The highest BCUT2D eigenvalue weighted by Gasteiger charge is 2.16. The van der Waals surface area contributed by atoms with E-state index in [1.165, 1.54) is 0 Å². The third-order valence-corrected chi connectivity index (χ3v) is 2.11. The molecule has 0 amide bonds.